The quantitative estimate of drug-likeness (QED) is 0.520. The molecule has 2 aromatic rings. The van der Waals surface area contributed by atoms with E-state index in [1.165, 1.54) is 38.3 Å². The van der Waals surface area contributed by atoms with Gasteiger partial charge in [0.1, 0.15) is 17.6 Å². The fourth-order valence-electron chi connectivity index (χ4n) is 2.64. The molecular formula is C19H13ClNO7S-. The number of amides is 2. The van der Waals surface area contributed by atoms with Crippen LogP contribution >= 0.6 is 23.4 Å². The van der Waals surface area contributed by atoms with Crippen LogP contribution in [0.15, 0.2) is 39.7 Å². The van der Waals surface area contributed by atoms with Crippen molar-refractivity contribution in [2.24, 2.45) is 0 Å². The molecule has 1 aromatic carbocycles. The minimum Gasteiger partial charge on any atom is -0.545 e. The number of rotatable bonds is 5. The maximum absolute atomic E-state index is 12.5. The number of carboxylic acids is 1. The van der Waals surface area contributed by atoms with Crippen LogP contribution in [0.5, 0.6) is 0 Å². The van der Waals surface area contributed by atoms with Crippen LogP contribution in [0.3, 0.4) is 0 Å². The van der Waals surface area contributed by atoms with Gasteiger partial charge in [-0.3, -0.25) is 14.5 Å². The van der Waals surface area contributed by atoms with Gasteiger partial charge in [-0.15, -0.1) is 0 Å². The van der Waals surface area contributed by atoms with E-state index in [4.69, 9.17) is 16.0 Å². The summed E-state index contributed by atoms with van der Waals surface area (Å²) in [5.74, 6) is -2.05. The summed E-state index contributed by atoms with van der Waals surface area (Å²) in [6, 6.07) is 6.36. The Morgan fingerprint density at radius 2 is 2.00 bits per heavy atom. The lowest BCUT2D eigenvalue weighted by Gasteiger charge is -2.18. The number of methoxy groups -OCH3 is 1. The van der Waals surface area contributed by atoms with Crippen LogP contribution < -0.4 is 5.11 Å². The average Bonchev–Trinajstić information content (AvgIpc) is 3.25. The van der Waals surface area contributed by atoms with Crippen LogP contribution in [0.25, 0.3) is 17.4 Å². The summed E-state index contributed by atoms with van der Waals surface area (Å²) in [4.78, 5) is 48.1. The molecule has 2 heterocycles. The van der Waals surface area contributed by atoms with E-state index in [1.54, 1.807) is 12.1 Å². The SMILES string of the molecule is COC(=O)[C@H](C)N1C(=O)S/C(=C\c2ccc(-c3ccc(C(=O)[O-])c(Cl)c3)o2)C1=O. The molecule has 1 aliphatic heterocycles. The van der Waals surface area contributed by atoms with Gasteiger partial charge in [0, 0.05) is 17.2 Å². The average molecular weight is 435 g/mol. The number of carboxylic acid groups (broad SMARTS) is 1. The minimum absolute atomic E-state index is 0.00151. The molecule has 2 amide bonds. The molecule has 1 fully saturated rings. The Labute approximate surface area is 174 Å². The highest BCUT2D eigenvalue weighted by atomic mass is 35.5. The Morgan fingerprint density at radius 1 is 1.28 bits per heavy atom. The number of nitrogens with zero attached hydrogens (tertiary/aromatic N) is 1. The lowest BCUT2D eigenvalue weighted by atomic mass is 10.1. The van der Waals surface area contributed by atoms with Crippen molar-refractivity contribution in [2.45, 2.75) is 13.0 Å². The largest absolute Gasteiger partial charge is 0.545 e. The lowest BCUT2D eigenvalue weighted by Crippen LogP contribution is -2.42. The van der Waals surface area contributed by atoms with Crippen LogP contribution in [0.1, 0.15) is 23.0 Å². The highest BCUT2D eigenvalue weighted by Crippen LogP contribution is 2.35. The highest BCUT2D eigenvalue weighted by Gasteiger charge is 2.41. The van der Waals surface area contributed by atoms with Gasteiger partial charge in [0.25, 0.3) is 11.1 Å². The highest BCUT2D eigenvalue weighted by molar-refractivity contribution is 8.18. The third-order valence-electron chi connectivity index (χ3n) is 4.13. The van der Waals surface area contributed by atoms with Gasteiger partial charge in [-0.2, -0.15) is 0 Å². The van der Waals surface area contributed by atoms with Crippen LogP contribution in [0.2, 0.25) is 5.02 Å². The first-order chi connectivity index (χ1) is 13.7. The normalized spacial score (nSPS) is 16.4. The van der Waals surface area contributed by atoms with E-state index in [9.17, 15) is 24.3 Å². The molecule has 29 heavy (non-hydrogen) atoms. The van der Waals surface area contributed by atoms with Crippen LogP contribution in [-0.4, -0.2) is 41.1 Å². The topological polar surface area (TPSA) is 117 Å². The number of benzene rings is 1. The maximum Gasteiger partial charge on any atom is 0.328 e. The number of carbonyl (C=O) groups excluding carboxylic acids is 4. The first-order valence-electron chi connectivity index (χ1n) is 8.19. The van der Waals surface area contributed by atoms with E-state index >= 15 is 0 Å². The summed E-state index contributed by atoms with van der Waals surface area (Å²) in [6.07, 6.45) is 1.38. The monoisotopic (exact) mass is 434 g/mol. The fraction of sp³-hybridized carbons (Fsp3) is 0.158. The molecule has 0 spiro atoms. The summed E-state index contributed by atoms with van der Waals surface area (Å²) in [5, 5.41) is 10.3. The third-order valence-corrected chi connectivity index (χ3v) is 5.32. The number of ether oxygens (including phenoxy) is 1. The number of aromatic carboxylic acids is 1. The standard InChI is InChI=1S/C19H14ClNO7S/c1-9(18(25)27-2)21-16(22)15(29-19(21)26)8-11-4-6-14(28-11)10-3-5-12(17(23)24)13(20)7-10/h3-9H,1-2H3,(H,23,24)/p-1/b15-8-/t9-/m0/s1. The Kier molecular flexibility index (Phi) is 5.81. The van der Waals surface area contributed by atoms with Gasteiger partial charge in [0.05, 0.1) is 23.0 Å². The van der Waals surface area contributed by atoms with E-state index in [0.717, 1.165) is 4.90 Å². The van der Waals surface area contributed by atoms with Crippen molar-refractivity contribution in [3.63, 3.8) is 0 Å². The van der Waals surface area contributed by atoms with Gasteiger partial charge in [-0.05, 0) is 36.9 Å². The molecule has 1 saturated heterocycles. The predicted molar refractivity (Wildman–Crippen MR) is 103 cm³/mol. The molecule has 1 atom stereocenters. The Morgan fingerprint density at radius 3 is 2.62 bits per heavy atom. The molecule has 150 valence electrons. The van der Waals surface area contributed by atoms with Crippen molar-refractivity contribution in [1.82, 2.24) is 4.90 Å². The Bertz CT molecular complexity index is 1060. The zero-order valence-electron chi connectivity index (χ0n) is 15.1. The third kappa shape index (κ3) is 4.06. The number of esters is 1. The number of hydrogen-bond donors (Lipinski definition) is 0. The van der Waals surface area contributed by atoms with Crippen molar-refractivity contribution < 1.29 is 33.4 Å². The molecule has 0 radical (unpaired) electrons. The van der Waals surface area contributed by atoms with Crippen molar-refractivity contribution in [2.75, 3.05) is 7.11 Å². The van der Waals surface area contributed by atoms with Crippen molar-refractivity contribution in [3.05, 3.63) is 51.6 Å². The van der Waals surface area contributed by atoms with E-state index in [2.05, 4.69) is 4.74 Å². The first-order valence-corrected chi connectivity index (χ1v) is 9.38. The van der Waals surface area contributed by atoms with Gasteiger partial charge in [-0.1, -0.05) is 23.7 Å². The Balaban J connectivity index is 1.84. The second kappa shape index (κ2) is 8.14. The molecule has 8 nitrogen and oxygen atoms in total. The fourth-order valence-corrected chi connectivity index (χ4v) is 3.78. The minimum atomic E-state index is -1.39. The number of thioether (sulfide) groups is 1. The van der Waals surface area contributed by atoms with Crippen LogP contribution in [0, 0.1) is 0 Å². The summed E-state index contributed by atoms with van der Waals surface area (Å²) < 4.78 is 10.2. The van der Waals surface area contributed by atoms with Crippen LogP contribution in [0.4, 0.5) is 4.79 Å². The number of furan rings is 1. The van der Waals surface area contributed by atoms with Gasteiger partial charge in [0.15, 0.2) is 0 Å². The zero-order valence-corrected chi connectivity index (χ0v) is 16.7. The van der Waals surface area contributed by atoms with E-state index in [0.29, 0.717) is 23.1 Å². The molecule has 10 heteroatoms. The molecule has 1 aliphatic rings. The van der Waals surface area contributed by atoms with Gasteiger partial charge in [-0.25, -0.2) is 4.79 Å². The second-order valence-corrected chi connectivity index (χ2v) is 7.34. The molecular weight excluding hydrogens is 422 g/mol. The number of halogens is 1. The predicted octanol–water partition coefficient (Wildman–Crippen LogP) is 2.56. The summed E-state index contributed by atoms with van der Waals surface area (Å²) >= 11 is 6.62. The molecule has 3 rings (SSSR count). The number of imide groups is 1. The summed E-state index contributed by atoms with van der Waals surface area (Å²) in [7, 11) is 1.17. The van der Waals surface area contributed by atoms with Crippen molar-refractivity contribution >= 4 is 52.5 Å². The van der Waals surface area contributed by atoms with Crippen molar-refractivity contribution in [1.29, 1.82) is 0 Å². The van der Waals surface area contributed by atoms with Gasteiger partial charge < -0.3 is 19.1 Å². The van der Waals surface area contributed by atoms with E-state index in [-0.39, 0.29) is 21.3 Å². The summed E-state index contributed by atoms with van der Waals surface area (Å²) in [6.45, 7) is 1.40. The van der Waals surface area contributed by atoms with Gasteiger partial charge in [0.2, 0.25) is 0 Å². The molecule has 0 N–H and O–H groups in total. The maximum atomic E-state index is 12.5. The summed E-state index contributed by atoms with van der Waals surface area (Å²) in [5.41, 5.74) is 0.377. The first kappa shape index (κ1) is 20.7. The molecule has 1 aromatic heterocycles. The van der Waals surface area contributed by atoms with Gasteiger partial charge >= 0.3 is 5.97 Å². The van der Waals surface area contributed by atoms with Crippen molar-refractivity contribution in [3.8, 4) is 11.3 Å². The molecule has 0 bridgehead atoms. The van der Waals surface area contributed by atoms with Crippen LogP contribution in [-0.2, 0) is 14.3 Å². The number of carbonyl (C=O) groups is 4. The zero-order chi connectivity index (χ0) is 21.3. The Hall–Kier alpha value is -3.04. The molecule has 0 saturated carbocycles. The van der Waals surface area contributed by atoms with E-state index in [1.807, 2.05) is 0 Å². The number of hydrogen-bond acceptors (Lipinski definition) is 8. The second-order valence-electron chi connectivity index (χ2n) is 5.93. The molecule has 0 aliphatic carbocycles. The molecule has 0 unspecified atom stereocenters. The van der Waals surface area contributed by atoms with E-state index < -0.39 is 29.1 Å². The smallest absolute Gasteiger partial charge is 0.328 e. The lowest BCUT2D eigenvalue weighted by molar-refractivity contribution is -0.255.